The van der Waals surface area contributed by atoms with E-state index in [1.54, 1.807) is 0 Å². The van der Waals surface area contributed by atoms with Crippen molar-refractivity contribution in [3.05, 3.63) is 48.5 Å². The van der Waals surface area contributed by atoms with Gasteiger partial charge < -0.3 is 19.9 Å². The Balaban J connectivity index is 1.57. The summed E-state index contributed by atoms with van der Waals surface area (Å²) in [5, 5.41) is 12.6. The van der Waals surface area contributed by atoms with Gasteiger partial charge in [0.15, 0.2) is 5.11 Å². The van der Waals surface area contributed by atoms with Crippen LogP contribution in [0.25, 0.3) is 0 Å². The zero-order chi connectivity index (χ0) is 18.4. The Kier molecular flexibility index (Phi) is 6.27. The largest absolute Gasteiger partial charge is 0.378 e. The van der Waals surface area contributed by atoms with Crippen LogP contribution < -0.4 is 10.2 Å². The summed E-state index contributed by atoms with van der Waals surface area (Å²) < 4.78 is 5.34. The highest BCUT2D eigenvalue weighted by Gasteiger charge is 2.13. The summed E-state index contributed by atoms with van der Waals surface area (Å²) >= 11 is 5.45. The molecule has 0 spiro atoms. The summed E-state index contributed by atoms with van der Waals surface area (Å²) in [6.07, 6.45) is 0. The third-order valence-electron chi connectivity index (χ3n) is 4.14. The normalized spacial score (nSPS) is 14.8. The number of azo groups is 1. The zero-order valence-electron chi connectivity index (χ0n) is 15.1. The van der Waals surface area contributed by atoms with Crippen LogP contribution in [-0.4, -0.2) is 50.4 Å². The fourth-order valence-electron chi connectivity index (χ4n) is 2.56. The zero-order valence-corrected chi connectivity index (χ0v) is 15.9. The van der Waals surface area contributed by atoms with E-state index >= 15 is 0 Å². The minimum atomic E-state index is 0.720. The van der Waals surface area contributed by atoms with Crippen LogP contribution in [0.4, 0.5) is 22.7 Å². The molecule has 0 amide bonds. The van der Waals surface area contributed by atoms with Gasteiger partial charge in [-0.3, -0.25) is 0 Å². The quantitative estimate of drug-likeness (QED) is 0.642. The summed E-state index contributed by atoms with van der Waals surface area (Å²) in [6, 6.07) is 15.8. The lowest BCUT2D eigenvalue weighted by molar-refractivity contribution is -0.786. The van der Waals surface area contributed by atoms with Crippen molar-refractivity contribution >= 4 is 40.1 Å². The number of anilines is 1. The number of hydrogen-bond donors (Lipinski definition) is 2. The van der Waals surface area contributed by atoms with Crippen LogP contribution in [0.5, 0.6) is 0 Å². The minimum Gasteiger partial charge on any atom is -0.378 e. The molecule has 0 atom stereocenters. The van der Waals surface area contributed by atoms with Crippen LogP contribution in [0.2, 0.25) is 0 Å². The van der Waals surface area contributed by atoms with Gasteiger partial charge in [-0.25, -0.2) is 0 Å². The molecule has 0 radical (unpaired) electrons. The molecule has 0 aromatic heterocycles. The maximum absolute atomic E-state index is 5.45. The van der Waals surface area contributed by atoms with Crippen LogP contribution in [0.15, 0.2) is 58.8 Å². The molecule has 1 heterocycles. The van der Waals surface area contributed by atoms with Gasteiger partial charge in [-0.2, -0.15) is 10.2 Å². The van der Waals surface area contributed by atoms with Gasteiger partial charge in [0.25, 0.3) is 0 Å². The Morgan fingerprint density at radius 2 is 1.50 bits per heavy atom. The third-order valence-corrected chi connectivity index (χ3v) is 4.50. The molecular weight excluding hydrogens is 346 g/mol. The summed E-state index contributed by atoms with van der Waals surface area (Å²) in [5.41, 5.74) is 3.80. The first kappa shape index (κ1) is 18.4. The summed E-state index contributed by atoms with van der Waals surface area (Å²) in [5.74, 6) is 0. The Bertz CT molecular complexity index is 753. The highest BCUT2D eigenvalue weighted by atomic mass is 32.1. The standard InChI is InChI=1S/C19H23N5OS/c1-23(2)18-9-7-17(8-10-18)22-21-16-5-3-15(4-6-16)20-19(26)24-11-13-25-14-12-24/h3-10H,11-14H2,1-2H3,(H,20,26)/p+1. The molecular formula is C19H24N5OS+. The molecule has 0 saturated carbocycles. The maximum Gasteiger partial charge on any atom is 0.173 e. The van der Waals surface area contributed by atoms with Crippen molar-refractivity contribution in [2.45, 2.75) is 0 Å². The number of morpholine rings is 1. The fourth-order valence-corrected chi connectivity index (χ4v) is 2.86. The van der Waals surface area contributed by atoms with E-state index in [-0.39, 0.29) is 0 Å². The van der Waals surface area contributed by atoms with Crippen LogP contribution in [0.1, 0.15) is 0 Å². The topological polar surface area (TPSA) is 53.7 Å². The van der Waals surface area contributed by atoms with Crippen molar-refractivity contribution in [3.8, 4) is 0 Å². The molecule has 2 N–H and O–H groups in total. The Hall–Kier alpha value is -2.35. The van der Waals surface area contributed by atoms with Gasteiger partial charge in [-0.15, -0.1) is 0 Å². The second kappa shape index (κ2) is 8.84. The highest BCUT2D eigenvalue weighted by molar-refractivity contribution is 7.80. The van der Waals surface area contributed by atoms with E-state index < -0.39 is 0 Å². The van der Waals surface area contributed by atoms with Crippen molar-refractivity contribution in [3.63, 3.8) is 0 Å². The van der Waals surface area contributed by atoms with Crippen LogP contribution in [-0.2, 0) is 4.74 Å². The van der Waals surface area contributed by atoms with E-state index in [0.717, 1.165) is 48.5 Å². The lowest BCUT2D eigenvalue weighted by atomic mass is 10.3. The molecule has 26 heavy (non-hydrogen) atoms. The Morgan fingerprint density at radius 1 is 0.962 bits per heavy atom. The van der Waals surface area contributed by atoms with E-state index in [4.69, 9.17) is 17.0 Å². The molecule has 1 aliphatic rings. The molecule has 0 aliphatic carbocycles. The highest BCUT2D eigenvalue weighted by Crippen LogP contribution is 2.21. The van der Waals surface area contributed by atoms with Crippen LogP contribution in [0, 0.1) is 0 Å². The van der Waals surface area contributed by atoms with E-state index in [2.05, 4.69) is 46.7 Å². The fraction of sp³-hybridized carbons (Fsp3) is 0.316. The molecule has 136 valence electrons. The molecule has 2 aromatic rings. The van der Waals surface area contributed by atoms with Crippen molar-refractivity contribution in [1.29, 1.82) is 0 Å². The average Bonchev–Trinajstić information content (AvgIpc) is 2.68. The van der Waals surface area contributed by atoms with E-state index in [1.165, 1.54) is 10.6 Å². The van der Waals surface area contributed by atoms with Gasteiger partial charge in [0, 0.05) is 30.9 Å². The number of hydrogen-bond acceptors (Lipinski definition) is 4. The van der Waals surface area contributed by atoms with Crippen molar-refractivity contribution < 1.29 is 9.64 Å². The van der Waals surface area contributed by atoms with Crippen LogP contribution in [0.3, 0.4) is 0 Å². The van der Waals surface area contributed by atoms with Gasteiger partial charge >= 0.3 is 0 Å². The number of quaternary nitrogens is 1. The second-order valence-corrected chi connectivity index (χ2v) is 6.71. The first-order valence-corrected chi connectivity index (χ1v) is 9.09. The van der Waals surface area contributed by atoms with Gasteiger partial charge in [0.2, 0.25) is 0 Å². The summed E-state index contributed by atoms with van der Waals surface area (Å²) in [7, 11) is 4.19. The molecule has 0 unspecified atom stereocenters. The smallest absolute Gasteiger partial charge is 0.173 e. The molecule has 1 fully saturated rings. The number of nitrogens with one attached hydrogen (secondary N) is 2. The molecule has 3 rings (SSSR count). The minimum absolute atomic E-state index is 0.720. The molecule has 1 saturated heterocycles. The number of benzene rings is 2. The van der Waals surface area contributed by atoms with E-state index in [9.17, 15) is 0 Å². The predicted molar refractivity (Wildman–Crippen MR) is 108 cm³/mol. The second-order valence-electron chi connectivity index (χ2n) is 6.32. The SMILES string of the molecule is C[NH+](C)c1ccc(N=Nc2ccc(NC(=S)N3CCOCC3)cc2)cc1. The Morgan fingerprint density at radius 3 is 2.04 bits per heavy atom. The predicted octanol–water partition coefficient (Wildman–Crippen LogP) is 2.91. The third kappa shape index (κ3) is 5.08. The van der Waals surface area contributed by atoms with Crippen molar-refractivity contribution in [1.82, 2.24) is 4.90 Å². The molecule has 1 aliphatic heterocycles. The average molecular weight is 371 g/mol. The molecule has 0 bridgehead atoms. The van der Waals surface area contributed by atoms with E-state index in [0.29, 0.717) is 0 Å². The van der Waals surface area contributed by atoms with E-state index in [1.807, 2.05) is 36.4 Å². The van der Waals surface area contributed by atoms with Crippen molar-refractivity contribution in [2.75, 3.05) is 45.7 Å². The first-order valence-electron chi connectivity index (χ1n) is 8.68. The number of thiocarbonyl (C=S) groups is 1. The molecule has 6 nitrogen and oxygen atoms in total. The van der Waals surface area contributed by atoms with Gasteiger partial charge in [-0.1, -0.05) is 0 Å². The van der Waals surface area contributed by atoms with Gasteiger partial charge in [-0.05, 0) is 48.6 Å². The molecule has 2 aromatic carbocycles. The van der Waals surface area contributed by atoms with Crippen molar-refractivity contribution in [2.24, 2.45) is 10.2 Å². The van der Waals surface area contributed by atoms with Gasteiger partial charge in [0.1, 0.15) is 5.69 Å². The number of ether oxygens (including phenoxy) is 1. The number of rotatable bonds is 4. The lowest BCUT2D eigenvalue weighted by Crippen LogP contribution is -3.00. The lowest BCUT2D eigenvalue weighted by Gasteiger charge is -2.29. The Labute approximate surface area is 159 Å². The summed E-state index contributed by atoms with van der Waals surface area (Å²) in [6.45, 7) is 3.09. The first-order chi connectivity index (χ1) is 12.6. The summed E-state index contributed by atoms with van der Waals surface area (Å²) in [4.78, 5) is 3.40. The number of nitrogens with zero attached hydrogens (tertiary/aromatic N) is 3. The van der Waals surface area contributed by atoms with Gasteiger partial charge in [0.05, 0.1) is 38.7 Å². The van der Waals surface area contributed by atoms with Crippen LogP contribution >= 0.6 is 12.2 Å². The molecule has 7 heteroatoms. The maximum atomic E-state index is 5.45. The monoisotopic (exact) mass is 370 g/mol.